The molecule has 1 atom stereocenters. The number of likely N-dealkylation sites (tertiary alicyclic amines) is 2. The number of rotatable bonds is 3. The largest absolute Gasteiger partial charge is 0.497 e. The highest BCUT2D eigenvalue weighted by Crippen LogP contribution is 2.40. The average molecular weight is 410 g/mol. The van der Waals surface area contributed by atoms with Gasteiger partial charge in [-0.1, -0.05) is 0 Å². The smallest absolute Gasteiger partial charge is 0.272 e. The van der Waals surface area contributed by atoms with Crippen LogP contribution in [0.25, 0.3) is 0 Å². The summed E-state index contributed by atoms with van der Waals surface area (Å²) in [4.78, 5) is 37.5. The molecule has 0 saturated carbocycles. The number of pyridine rings is 2. The first kappa shape index (κ1) is 20.3. The normalized spacial score (nSPS) is 20.8. The van der Waals surface area contributed by atoms with Crippen molar-refractivity contribution in [1.82, 2.24) is 19.8 Å². The molecule has 2 aromatic rings. The fraction of sp³-hybridized carbons (Fsp3) is 0.455. The highest BCUT2D eigenvalue weighted by atomic mass is 16.5. The van der Waals surface area contributed by atoms with Crippen molar-refractivity contribution in [1.29, 1.82) is 0 Å². The summed E-state index contributed by atoms with van der Waals surface area (Å²) in [5.41, 5.74) is 0.703. The van der Waals surface area contributed by atoms with Crippen molar-refractivity contribution in [3.8, 4) is 5.75 Å². The van der Waals surface area contributed by atoms with E-state index in [1.54, 1.807) is 59.8 Å². The first-order valence-corrected chi connectivity index (χ1v) is 10.2. The second kappa shape index (κ2) is 8.39. The molecule has 1 N–H and O–H groups in total. The van der Waals surface area contributed by atoms with Crippen LogP contribution in [0.15, 0.2) is 42.9 Å². The molecule has 2 aliphatic rings. The number of piperidine rings is 2. The van der Waals surface area contributed by atoms with Gasteiger partial charge in [-0.05, 0) is 42.9 Å². The predicted octanol–water partition coefficient (Wildman–Crippen LogP) is 1.61. The van der Waals surface area contributed by atoms with Gasteiger partial charge in [-0.25, -0.2) is 0 Å². The third kappa shape index (κ3) is 4.14. The topological polar surface area (TPSA) is 95.9 Å². The Bertz CT molecular complexity index is 912. The Morgan fingerprint density at radius 1 is 1.17 bits per heavy atom. The van der Waals surface area contributed by atoms with Crippen molar-refractivity contribution in [2.24, 2.45) is 5.41 Å². The molecule has 0 radical (unpaired) electrons. The fourth-order valence-electron chi connectivity index (χ4n) is 4.54. The first-order valence-electron chi connectivity index (χ1n) is 10.2. The van der Waals surface area contributed by atoms with Gasteiger partial charge in [0.05, 0.1) is 18.8 Å². The van der Waals surface area contributed by atoms with E-state index in [1.807, 2.05) is 0 Å². The van der Waals surface area contributed by atoms with E-state index in [-0.39, 0.29) is 17.2 Å². The first-order chi connectivity index (χ1) is 14.5. The Morgan fingerprint density at radius 2 is 1.97 bits per heavy atom. The monoisotopic (exact) mass is 410 g/mol. The molecular formula is C22H26N4O4. The van der Waals surface area contributed by atoms with Gasteiger partial charge < -0.3 is 19.6 Å². The molecule has 158 valence electrons. The number of methoxy groups -OCH3 is 1. The van der Waals surface area contributed by atoms with Crippen LogP contribution in [0.1, 0.15) is 40.1 Å². The molecule has 2 fully saturated rings. The quantitative estimate of drug-likeness (QED) is 0.826. The van der Waals surface area contributed by atoms with Crippen molar-refractivity contribution in [3.63, 3.8) is 0 Å². The molecule has 2 aliphatic heterocycles. The molecule has 1 spiro atoms. The minimum absolute atomic E-state index is 0.111. The van der Waals surface area contributed by atoms with Crippen LogP contribution in [0.3, 0.4) is 0 Å². The van der Waals surface area contributed by atoms with Crippen LogP contribution in [-0.2, 0) is 0 Å². The molecule has 2 saturated heterocycles. The minimum atomic E-state index is -0.568. The van der Waals surface area contributed by atoms with Crippen LogP contribution < -0.4 is 4.74 Å². The molecule has 30 heavy (non-hydrogen) atoms. The van der Waals surface area contributed by atoms with E-state index in [2.05, 4.69) is 9.97 Å². The summed E-state index contributed by atoms with van der Waals surface area (Å²) in [6.45, 7) is 2.04. The second-order valence-electron chi connectivity index (χ2n) is 8.16. The van der Waals surface area contributed by atoms with E-state index in [0.717, 1.165) is 12.8 Å². The number of amides is 2. The molecule has 2 amide bonds. The summed E-state index contributed by atoms with van der Waals surface area (Å²) in [7, 11) is 1.56. The molecule has 4 rings (SSSR count). The SMILES string of the molecule is COc1ccnc(C(=O)N2CCC3(CC2)CC(O)CN(C(=O)c2cccnc2)C3)c1. The van der Waals surface area contributed by atoms with E-state index in [4.69, 9.17) is 4.74 Å². The van der Waals surface area contributed by atoms with Gasteiger partial charge in [0.1, 0.15) is 11.4 Å². The van der Waals surface area contributed by atoms with Gasteiger partial charge >= 0.3 is 0 Å². The van der Waals surface area contributed by atoms with E-state index >= 15 is 0 Å². The van der Waals surface area contributed by atoms with Gasteiger partial charge in [-0.15, -0.1) is 0 Å². The minimum Gasteiger partial charge on any atom is -0.497 e. The zero-order valence-corrected chi connectivity index (χ0v) is 17.0. The summed E-state index contributed by atoms with van der Waals surface area (Å²) in [6, 6.07) is 6.83. The number of carbonyl (C=O) groups excluding carboxylic acids is 2. The van der Waals surface area contributed by atoms with Gasteiger partial charge in [-0.3, -0.25) is 19.6 Å². The molecule has 0 aliphatic carbocycles. The Hall–Kier alpha value is -3.00. The Labute approximate surface area is 175 Å². The number of carbonyl (C=O) groups is 2. The van der Waals surface area contributed by atoms with Crippen LogP contribution in [-0.4, -0.2) is 76.1 Å². The number of hydrogen-bond donors (Lipinski definition) is 1. The Morgan fingerprint density at radius 3 is 2.67 bits per heavy atom. The molecule has 1 unspecified atom stereocenters. The van der Waals surface area contributed by atoms with E-state index in [1.165, 1.54) is 0 Å². The second-order valence-corrected chi connectivity index (χ2v) is 8.16. The molecular weight excluding hydrogens is 384 g/mol. The number of aliphatic hydroxyl groups is 1. The fourth-order valence-corrected chi connectivity index (χ4v) is 4.54. The highest BCUT2D eigenvalue weighted by Gasteiger charge is 2.43. The molecule has 8 nitrogen and oxygen atoms in total. The summed E-state index contributed by atoms with van der Waals surface area (Å²) >= 11 is 0. The third-order valence-corrected chi connectivity index (χ3v) is 6.12. The summed E-state index contributed by atoms with van der Waals surface area (Å²) in [6.07, 6.45) is 6.29. The van der Waals surface area contributed by atoms with Crippen molar-refractivity contribution >= 4 is 11.8 Å². The maximum Gasteiger partial charge on any atom is 0.272 e. The zero-order valence-electron chi connectivity index (χ0n) is 17.0. The summed E-state index contributed by atoms with van der Waals surface area (Å²) < 4.78 is 5.18. The van der Waals surface area contributed by atoms with Gasteiger partial charge in [0, 0.05) is 50.8 Å². The molecule has 2 aromatic heterocycles. The standard InChI is InChI=1S/C22H26N4O4/c1-30-18-4-8-24-19(11-18)21(29)25-9-5-22(6-10-25)12-17(27)14-26(15-22)20(28)16-3-2-7-23-13-16/h2-4,7-8,11,13,17,27H,5-6,9-10,12,14-15H2,1H3. The van der Waals surface area contributed by atoms with Crippen LogP contribution in [0.2, 0.25) is 0 Å². The average Bonchev–Trinajstić information content (AvgIpc) is 2.78. The lowest BCUT2D eigenvalue weighted by molar-refractivity contribution is -0.0300. The van der Waals surface area contributed by atoms with E-state index in [9.17, 15) is 14.7 Å². The third-order valence-electron chi connectivity index (χ3n) is 6.12. The van der Waals surface area contributed by atoms with E-state index in [0.29, 0.717) is 49.6 Å². The molecule has 4 heterocycles. The summed E-state index contributed by atoms with van der Waals surface area (Å²) in [5.74, 6) is 0.366. The van der Waals surface area contributed by atoms with Gasteiger partial charge in [0.25, 0.3) is 11.8 Å². The lowest BCUT2D eigenvalue weighted by Gasteiger charge is -2.49. The van der Waals surface area contributed by atoms with Crippen LogP contribution >= 0.6 is 0 Å². The number of aromatic nitrogens is 2. The van der Waals surface area contributed by atoms with Gasteiger partial charge in [-0.2, -0.15) is 0 Å². The van der Waals surface area contributed by atoms with Crippen LogP contribution in [0, 0.1) is 5.41 Å². The summed E-state index contributed by atoms with van der Waals surface area (Å²) in [5, 5.41) is 10.5. The number of aliphatic hydroxyl groups excluding tert-OH is 1. The van der Waals surface area contributed by atoms with Gasteiger partial charge in [0.15, 0.2) is 0 Å². The van der Waals surface area contributed by atoms with Crippen molar-refractivity contribution in [2.45, 2.75) is 25.4 Å². The molecule has 0 aromatic carbocycles. The molecule has 0 bridgehead atoms. The number of ether oxygens (including phenoxy) is 1. The zero-order chi connectivity index (χ0) is 21.1. The van der Waals surface area contributed by atoms with Crippen molar-refractivity contribution in [2.75, 3.05) is 33.3 Å². The number of β-amino-alcohol motifs (C(OH)–C–C–N with tert-alkyl or cyclic N) is 1. The Kier molecular flexibility index (Phi) is 5.67. The number of hydrogen-bond acceptors (Lipinski definition) is 6. The highest BCUT2D eigenvalue weighted by molar-refractivity contribution is 5.94. The van der Waals surface area contributed by atoms with Crippen molar-refractivity contribution < 1.29 is 19.4 Å². The van der Waals surface area contributed by atoms with Crippen LogP contribution in [0.5, 0.6) is 5.75 Å². The maximum absolute atomic E-state index is 12.9. The molecule has 8 heteroatoms. The van der Waals surface area contributed by atoms with E-state index < -0.39 is 6.10 Å². The van der Waals surface area contributed by atoms with Crippen LogP contribution in [0.4, 0.5) is 0 Å². The maximum atomic E-state index is 12.9. The lowest BCUT2D eigenvalue weighted by Crippen LogP contribution is -2.55. The van der Waals surface area contributed by atoms with Crippen molar-refractivity contribution in [3.05, 3.63) is 54.1 Å². The number of nitrogens with zero attached hydrogens (tertiary/aromatic N) is 4. The Balaban J connectivity index is 1.43. The van der Waals surface area contributed by atoms with Gasteiger partial charge in [0.2, 0.25) is 0 Å². The predicted molar refractivity (Wildman–Crippen MR) is 109 cm³/mol. The lowest BCUT2D eigenvalue weighted by atomic mass is 9.71.